The highest BCUT2D eigenvalue weighted by molar-refractivity contribution is 5.94. The Morgan fingerprint density at radius 1 is 0.238 bits per heavy atom. The van der Waals surface area contributed by atoms with Crippen molar-refractivity contribution in [1.82, 2.24) is 0 Å². The van der Waals surface area contributed by atoms with E-state index < -0.39 is 52.1 Å². The highest BCUT2D eigenvalue weighted by atomic mass is 16.5. The molecular weight excluding hydrogens is 805 g/mol. The van der Waals surface area contributed by atoms with E-state index in [1.54, 1.807) is 72.8 Å². The van der Waals surface area contributed by atoms with Gasteiger partial charge in [0.25, 0.3) is 0 Å². The Bertz CT molecular complexity index is 2210. The Morgan fingerprint density at radius 3 is 0.444 bits per heavy atom. The second-order valence-corrected chi connectivity index (χ2v) is 14.7. The van der Waals surface area contributed by atoms with Crippen LogP contribution in [0.4, 0.5) is 0 Å². The average molecular weight is 847 g/mol. The number of methoxy groups -OCH3 is 6. The van der Waals surface area contributed by atoms with Gasteiger partial charge in [0.15, 0.2) is 0 Å². The molecule has 6 aromatic rings. The first-order chi connectivity index (χ1) is 30.4. The molecule has 7 rings (SSSR count). The number of hydrogen-bond acceptors (Lipinski definition) is 12. The lowest BCUT2D eigenvalue weighted by Gasteiger charge is -2.28. The first-order valence-corrected chi connectivity index (χ1v) is 19.6. The molecule has 318 valence electrons. The standard InChI is InChI=1S/C51H42O12/c1-58-43(52)31-7-19-37(20-8-31)49(38-21-9-32(10-22-38)44(53)59-2)50(39-23-11-33(12-24-39)45(54)60-3,40-25-13-34(14-26-40)46(55)61-4)51(49,41-27-15-35(16-28-41)47(56)62-5)42-29-17-36(18-30-42)48(57)63-6/h7-30H,1-6H3. The Labute approximate surface area is 363 Å². The van der Waals surface area contributed by atoms with Crippen molar-refractivity contribution < 1.29 is 57.2 Å². The number of esters is 6. The molecule has 0 N–H and O–H groups in total. The highest BCUT2D eigenvalue weighted by Gasteiger charge is 2.89. The summed E-state index contributed by atoms with van der Waals surface area (Å²) in [5.74, 6) is -3.33. The molecule has 0 unspecified atom stereocenters. The maximum atomic E-state index is 13.0. The van der Waals surface area contributed by atoms with Gasteiger partial charge in [-0.3, -0.25) is 0 Å². The fourth-order valence-electron chi connectivity index (χ4n) is 9.51. The predicted molar refractivity (Wildman–Crippen MR) is 229 cm³/mol. The molecule has 0 bridgehead atoms. The van der Waals surface area contributed by atoms with Crippen LogP contribution in [0.1, 0.15) is 95.5 Å². The van der Waals surface area contributed by atoms with Crippen LogP contribution in [0.2, 0.25) is 0 Å². The van der Waals surface area contributed by atoms with Crippen molar-refractivity contribution in [2.24, 2.45) is 0 Å². The lowest BCUT2D eigenvalue weighted by Crippen LogP contribution is -2.26. The van der Waals surface area contributed by atoms with Crippen LogP contribution in [-0.4, -0.2) is 78.5 Å². The van der Waals surface area contributed by atoms with Crippen molar-refractivity contribution in [2.75, 3.05) is 42.7 Å². The molecule has 0 amide bonds. The number of hydrogen-bond donors (Lipinski definition) is 0. The fraction of sp³-hybridized carbons (Fsp3) is 0.176. The van der Waals surface area contributed by atoms with Crippen molar-refractivity contribution in [3.05, 3.63) is 212 Å². The molecule has 0 aliphatic heterocycles. The molecule has 0 aromatic heterocycles. The van der Waals surface area contributed by atoms with Gasteiger partial charge in [0.1, 0.15) is 0 Å². The molecule has 12 heteroatoms. The smallest absolute Gasteiger partial charge is 0.337 e. The number of ether oxygens (including phenoxy) is 6. The van der Waals surface area contributed by atoms with Gasteiger partial charge in [-0.05, 0) is 106 Å². The van der Waals surface area contributed by atoms with E-state index in [2.05, 4.69) is 0 Å². The molecule has 0 radical (unpaired) electrons. The van der Waals surface area contributed by atoms with Crippen LogP contribution < -0.4 is 0 Å². The normalized spacial score (nSPS) is 14.0. The maximum absolute atomic E-state index is 13.0. The van der Waals surface area contributed by atoms with Gasteiger partial charge in [-0.2, -0.15) is 0 Å². The van der Waals surface area contributed by atoms with Crippen LogP contribution in [0.25, 0.3) is 0 Å². The molecular formula is C51H42O12. The largest absolute Gasteiger partial charge is 0.465 e. The molecule has 1 saturated carbocycles. The molecule has 0 saturated heterocycles. The summed E-state index contributed by atoms with van der Waals surface area (Å²) >= 11 is 0. The zero-order chi connectivity index (χ0) is 45.1. The Hall–Kier alpha value is -7.86. The second kappa shape index (κ2) is 17.3. The fourth-order valence-corrected chi connectivity index (χ4v) is 9.51. The third-order valence-corrected chi connectivity index (χ3v) is 12.1. The number of carbonyl (C=O) groups is 6. The summed E-state index contributed by atoms with van der Waals surface area (Å²) in [6, 6.07) is 42.1. The zero-order valence-electron chi connectivity index (χ0n) is 35.3. The van der Waals surface area contributed by atoms with Crippen molar-refractivity contribution >= 4 is 35.8 Å². The Morgan fingerprint density at radius 2 is 0.349 bits per heavy atom. The summed E-state index contributed by atoms with van der Waals surface area (Å²) in [7, 11) is 7.77. The van der Waals surface area contributed by atoms with Crippen LogP contribution in [0, 0.1) is 0 Å². The SMILES string of the molecule is COC(=O)c1ccc(C2(c3ccc(C(=O)OC)cc3)C(c3ccc(C(=O)OC)cc3)(c3ccc(C(=O)OC)cc3)C2(c2ccc(C(=O)OC)cc2)c2ccc(C(=O)OC)cc2)cc1. The molecule has 0 atom stereocenters. The molecule has 6 aromatic carbocycles. The minimum Gasteiger partial charge on any atom is -0.465 e. The van der Waals surface area contributed by atoms with Gasteiger partial charge in [0, 0.05) is 0 Å². The van der Waals surface area contributed by atoms with Crippen LogP contribution in [-0.2, 0) is 44.7 Å². The lowest BCUT2D eigenvalue weighted by molar-refractivity contribution is 0.0591. The minimum absolute atomic E-state index is 0.281. The number of rotatable bonds is 12. The highest BCUT2D eigenvalue weighted by Crippen LogP contribution is 2.85. The predicted octanol–water partition coefficient (Wildman–Crippen LogP) is 7.68. The molecule has 0 spiro atoms. The minimum atomic E-state index is -1.30. The Kier molecular flexibility index (Phi) is 11.8. The van der Waals surface area contributed by atoms with Gasteiger partial charge < -0.3 is 28.4 Å². The molecule has 12 nitrogen and oxygen atoms in total. The third kappa shape index (κ3) is 6.62. The van der Waals surface area contributed by atoms with Gasteiger partial charge in [-0.25, -0.2) is 28.8 Å². The van der Waals surface area contributed by atoms with Crippen LogP contribution in [0.3, 0.4) is 0 Å². The van der Waals surface area contributed by atoms with Gasteiger partial charge in [0.2, 0.25) is 0 Å². The summed E-state index contributed by atoms with van der Waals surface area (Å²) in [5.41, 5.74) is 1.89. The van der Waals surface area contributed by atoms with E-state index in [1.807, 2.05) is 72.8 Å². The lowest BCUT2D eigenvalue weighted by atomic mass is 9.73. The number of carbonyl (C=O) groups excluding carboxylic acids is 6. The van der Waals surface area contributed by atoms with E-state index >= 15 is 0 Å². The quantitative estimate of drug-likeness (QED) is 0.0876. The summed E-state index contributed by atoms with van der Waals surface area (Å²) in [6.07, 6.45) is 0. The summed E-state index contributed by atoms with van der Waals surface area (Å²) in [6.45, 7) is 0. The van der Waals surface area contributed by atoms with Gasteiger partial charge >= 0.3 is 35.8 Å². The van der Waals surface area contributed by atoms with E-state index in [1.165, 1.54) is 42.7 Å². The third-order valence-electron chi connectivity index (χ3n) is 12.1. The average Bonchev–Trinajstić information content (AvgIpc) is 3.95. The van der Waals surface area contributed by atoms with Crippen LogP contribution >= 0.6 is 0 Å². The molecule has 1 aliphatic carbocycles. The number of benzene rings is 6. The van der Waals surface area contributed by atoms with E-state index in [4.69, 9.17) is 28.4 Å². The first kappa shape index (κ1) is 43.2. The summed E-state index contributed by atoms with van der Waals surface area (Å²) in [4.78, 5) is 77.8. The van der Waals surface area contributed by atoms with Gasteiger partial charge in [-0.15, -0.1) is 0 Å². The van der Waals surface area contributed by atoms with Crippen molar-refractivity contribution in [3.8, 4) is 0 Å². The van der Waals surface area contributed by atoms with E-state index in [9.17, 15) is 28.8 Å². The summed E-state index contributed by atoms with van der Waals surface area (Å²) in [5, 5.41) is 0. The van der Waals surface area contributed by atoms with E-state index in [0.717, 1.165) is 0 Å². The van der Waals surface area contributed by atoms with Crippen molar-refractivity contribution in [3.63, 3.8) is 0 Å². The van der Waals surface area contributed by atoms with Crippen molar-refractivity contribution in [1.29, 1.82) is 0 Å². The van der Waals surface area contributed by atoms with Crippen LogP contribution in [0.5, 0.6) is 0 Å². The molecule has 63 heavy (non-hydrogen) atoms. The zero-order valence-corrected chi connectivity index (χ0v) is 35.3. The first-order valence-electron chi connectivity index (χ1n) is 19.6. The van der Waals surface area contributed by atoms with Gasteiger partial charge in [-0.1, -0.05) is 72.8 Å². The van der Waals surface area contributed by atoms with E-state index in [0.29, 0.717) is 33.4 Å². The van der Waals surface area contributed by atoms with Gasteiger partial charge in [0.05, 0.1) is 92.3 Å². The second-order valence-electron chi connectivity index (χ2n) is 14.7. The Balaban J connectivity index is 1.75. The summed E-state index contributed by atoms with van der Waals surface area (Å²) < 4.78 is 30.6. The molecule has 1 fully saturated rings. The topological polar surface area (TPSA) is 158 Å². The maximum Gasteiger partial charge on any atom is 0.337 e. The van der Waals surface area contributed by atoms with Crippen LogP contribution in [0.15, 0.2) is 146 Å². The van der Waals surface area contributed by atoms with E-state index in [-0.39, 0.29) is 33.4 Å². The monoisotopic (exact) mass is 846 g/mol. The van der Waals surface area contributed by atoms with Crippen molar-refractivity contribution in [2.45, 2.75) is 16.2 Å². The molecule has 1 aliphatic rings. The molecule has 0 heterocycles.